The molecule has 0 aliphatic heterocycles. The van der Waals surface area contributed by atoms with Gasteiger partial charge >= 0.3 is 0 Å². The van der Waals surface area contributed by atoms with E-state index in [4.69, 9.17) is 11.6 Å². The van der Waals surface area contributed by atoms with Gasteiger partial charge in [0.25, 0.3) is 5.91 Å². The van der Waals surface area contributed by atoms with Crippen molar-refractivity contribution in [2.75, 3.05) is 0 Å². The van der Waals surface area contributed by atoms with E-state index in [1.165, 1.54) is 6.20 Å². The highest BCUT2D eigenvalue weighted by molar-refractivity contribution is 7.89. The maximum Gasteiger partial charge on any atom is 0.285 e. The molecule has 4 aromatic rings. The molecule has 0 atom stereocenters. The number of hydrogen-bond acceptors (Lipinski definition) is 5. The molecule has 0 radical (unpaired) electrons. The van der Waals surface area contributed by atoms with Gasteiger partial charge in [0.2, 0.25) is 10.0 Å². The third kappa shape index (κ3) is 4.50. The van der Waals surface area contributed by atoms with Gasteiger partial charge in [-0.05, 0) is 35.4 Å². The summed E-state index contributed by atoms with van der Waals surface area (Å²) < 4.78 is 28.7. The molecular formula is C21H17ClN4O3S. The molecule has 4 rings (SSSR count). The van der Waals surface area contributed by atoms with Crippen LogP contribution in [0.1, 0.15) is 21.6 Å². The van der Waals surface area contributed by atoms with Gasteiger partial charge in [-0.25, -0.2) is 13.1 Å². The summed E-state index contributed by atoms with van der Waals surface area (Å²) in [5, 5.41) is 5.59. The average molecular weight is 441 g/mol. The molecule has 0 saturated carbocycles. The number of nitrogens with one attached hydrogen (secondary N) is 1. The predicted octanol–water partition coefficient (Wildman–Crippen LogP) is 3.39. The Morgan fingerprint density at radius 3 is 2.50 bits per heavy atom. The van der Waals surface area contributed by atoms with Crippen LogP contribution in [0, 0.1) is 0 Å². The van der Waals surface area contributed by atoms with Gasteiger partial charge in [0.15, 0.2) is 5.69 Å². The Morgan fingerprint density at radius 1 is 1.00 bits per heavy atom. The number of fused-ring (bicyclic) bond motifs is 1. The van der Waals surface area contributed by atoms with E-state index >= 15 is 0 Å². The maximum absolute atomic E-state index is 12.8. The number of hydrogen-bond donors (Lipinski definition) is 1. The largest absolute Gasteiger partial charge is 0.285 e. The lowest BCUT2D eigenvalue weighted by Crippen LogP contribution is -2.32. The molecule has 2 aromatic carbocycles. The molecule has 9 heteroatoms. The van der Waals surface area contributed by atoms with Crippen molar-refractivity contribution in [3.8, 4) is 0 Å². The molecule has 2 aromatic heterocycles. The zero-order valence-corrected chi connectivity index (χ0v) is 17.3. The van der Waals surface area contributed by atoms with Gasteiger partial charge in [0.1, 0.15) is 0 Å². The van der Waals surface area contributed by atoms with E-state index in [2.05, 4.69) is 14.8 Å². The molecule has 0 bridgehead atoms. The monoisotopic (exact) mass is 440 g/mol. The molecule has 1 amide bonds. The lowest BCUT2D eigenvalue weighted by atomic mass is 10.2. The SMILES string of the molecule is O=C(NS(=O)(=O)Cc1cccnc1)c1nn(Cc2ccc(Cl)cc2)c2ccccc12. The van der Waals surface area contributed by atoms with Crippen molar-refractivity contribution in [1.29, 1.82) is 0 Å². The van der Waals surface area contributed by atoms with Gasteiger partial charge in [-0.3, -0.25) is 14.5 Å². The molecule has 0 aliphatic rings. The van der Waals surface area contributed by atoms with E-state index in [9.17, 15) is 13.2 Å². The first-order valence-electron chi connectivity index (χ1n) is 9.05. The Morgan fingerprint density at radius 2 is 1.77 bits per heavy atom. The summed E-state index contributed by atoms with van der Waals surface area (Å²) in [6.45, 7) is 0.410. The van der Waals surface area contributed by atoms with Crippen LogP contribution in [-0.4, -0.2) is 29.1 Å². The zero-order chi connectivity index (χ0) is 21.1. The number of carbonyl (C=O) groups is 1. The summed E-state index contributed by atoms with van der Waals surface area (Å²) in [5.41, 5.74) is 2.20. The molecule has 30 heavy (non-hydrogen) atoms. The lowest BCUT2D eigenvalue weighted by Gasteiger charge is -2.06. The van der Waals surface area contributed by atoms with Crippen LogP contribution in [0.5, 0.6) is 0 Å². The van der Waals surface area contributed by atoms with Crippen LogP contribution in [0.15, 0.2) is 73.1 Å². The van der Waals surface area contributed by atoms with Crippen molar-refractivity contribution in [1.82, 2.24) is 19.5 Å². The van der Waals surface area contributed by atoms with Gasteiger partial charge in [-0.15, -0.1) is 0 Å². The number of pyridine rings is 1. The number of rotatable bonds is 6. The maximum atomic E-state index is 12.8. The first-order valence-corrected chi connectivity index (χ1v) is 11.1. The van der Waals surface area contributed by atoms with Gasteiger partial charge in [-0.2, -0.15) is 5.10 Å². The minimum absolute atomic E-state index is 0.0503. The van der Waals surface area contributed by atoms with Gasteiger partial charge < -0.3 is 0 Å². The first kappa shape index (κ1) is 20.1. The van der Waals surface area contributed by atoms with Crippen molar-refractivity contribution >= 4 is 38.4 Å². The molecule has 2 heterocycles. The van der Waals surface area contributed by atoms with E-state index in [-0.39, 0.29) is 11.4 Å². The van der Waals surface area contributed by atoms with Crippen LogP contribution in [0.25, 0.3) is 10.9 Å². The Bertz CT molecular complexity index is 1300. The molecule has 0 aliphatic carbocycles. The van der Waals surface area contributed by atoms with Crippen LogP contribution < -0.4 is 4.72 Å². The Hall–Kier alpha value is -3.23. The van der Waals surface area contributed by atoms with Crippen LogP contribution in [0.2, 0.25) is 5.02 Å². The Labute approximate surface area is 178 Å². The van der Waals surface area contributed by atoms with Crippen LogP contribution in [-0.2, 0) is 22.3 Å². The quantitative estimate of drug-likeness (QED) is 0.496. The molecular weight excluding hydrogens is 424 g/mol. The van der Waals surface area contributed by atoms with Crippen molar-refractivity contribution in [2.24, 2.45) is 0 Å². The van der Waals surface area contributed by atoms with Gasteiger partial charge in [0, 0.05) is 22.8 Å². The fraction of sp³-hybridized carbons (Fsp3) is 0.0952. The Kier molecular flexibility index (Phi) is 5.52. The van der Waals surface area contributed by atoms with Gasteiger partial charge in [0.05, 0.1) is 17.8 Å². The molecule has 1 N–H and O–H groups in total. The molecule has 0 fully saturated rings. The van der Waals surface area contributed by atoms with Crippen LogP contribution >= 0.6 is 11.6 Å². The predicted molar refractivity (Wildman–Crippen MR) is 115 cm³/mol. The van der Waals surface area contributed by atoms with E-state index in [0.29, 0.717) is 22.5 Å². The zero-order valence-electron chi connectivity index (χ0n) is 15.7. The average Bonchev–Trinajstić information content (AvgIpc) is 3.08. The van der Waals surface area contributed by atoms with Crippen LogP contribution in [0.3, 0.4) is 0 Å². The Balaban J connectivity index is 1.62. The van der Waals surface area contributed by atoms with Crippen molar-refractivity contribution in [2.45, 2.75) is 12.3 Å². The number of benzene rings is 2. The second-order valence-corrected chi connectivity index (χ2v) is 8.86. The highest BCUT2D eigenvalue weighted by Gasteiger charge is 2.22. The fourth-order valence-corrected chi connectivity index (χ4v) is 4.29. The molecule has 0 unspecified atom stereocenters. The van der Waals surface area contributed by atoms with Gasteiger partial charge in [-0.1, -0.05) is 48.0 Å². The molecule has 7 nitrogen and oxygen atoms in total. The molecule has 0 saturated heterocycles. The second-order valence-electron chi connectivity index (χ2n) is 6.70. The summed E-state index contributed by atoms with van der Waals surface area (Å²) in [5.74, 6) is -1.12. The number of carbonyl (C=O) groups excluding carboxylic acids is 1. The highest BCUT2D eigenvalue weighted by atomic mass is 35.5. The minimum atomic E-state index is -3.91. The summed E-state index contributed by atoms with van der Waals surface area (Å²) in [7, 11) is -3.91. The van der Waals surface area contributed by atoms with Crippen molar-refractivity contribution < 1.29 is 13.2 Å². The van der Waals surface area contributed by atoms with E-state index < -0.39 is 15.9 Å². The second kappa shape index (κ2) is 8.25. The van der Waals surface area contributed by atoms with E-state index in [1.54, 1.807) is 47.3 Å². The number of nitrogens with zero attached hydrogens (tertiary/aromatic N) is 3. The van der Waals surface area contributed by atoms with E-state index in [0.717, 1.165) is 11.1 Å². The number of sulfonamides is 1. The third-order valence-electron chi connectivity index (χ3n) is 4.45. The summed E-state index contributed by atoms with van der Waals surface area (Å²) in [6, 6.07) is 17.8. The van der Waals surface area contributed by atoms with Crippen LogP contribution in [0.4, 0.5) is 0 Å². The number of aromatic nitrogens is 3. The lowest BCUT2D eigenvalue weighted by molar-refractivity contribution is 0.0977. The smallest absolute Gasteiger partial charge is 0.266 e. The van der Waals surface area contributed by atoms with Crippen molar-refractivity contribution in [3.63, 3.8) is 0 Å². The van der Waals surface area contributed by atoms with Crippen molar-refractivity contribution in [3.05, 3.63) is 94.9 Å². The fourth-order valence-electron chi connectivity index (χ4n) is 3.11. The molecule has 152 valence electrons. The standard InChI is InChI=1S/C21H17ClN4O3S/c22-17-9-7-15(8-10-17)13-26-19-6-2-1-5-18(19)20(24-26)21(27)25-30(28,29)14-16-4-3-11-23-12-16/h1-12H,13-14H2,(H,25,27). The molecule has 0 spiro atoms. The first-order chi connectivity index (χ1) is 14.4. The topological polar surface area (TPSA) is 93.9 Å². The summed E-state index contributed by atoms with van der Waals surface area (Å²) >= 11 is 5.94. The highest BCUT2D eigenvalue weighted by Crippen LogP contribution is 2.20. The van der Waals surface area contributed by atoms with E-state index in [1.807, 2.05) is 24.3 Å². The minimum Gasteiger partial charge on any atom is -0.266 e. The third-order valence-corrected chi connectivity index (χ3v) is 5.91. The number of amides is 1. The number of halogens is 1. The summed E-state index contributed by atoms with van der Waals surface area (Å²) in [6.07, 6.45) is 2.99. The number of para-hydroxylation sites is 1. The summed E-state index contributed by atoms with van der Waals surface area (Å²) in [4.78, 5) is 16.7. The normalized spacial score (nSPS) is 11.5.